The lowest BCUT2D eigenvalue weighted by Gasteiger charge is -2.23. The van der Waals surface area contributed by atoms with Crippen LogP contribution in [-0.4, -0.2) is 58.0 Å². The second-order valence-corrected chi connectivity index (χ2v) is 6.72. The number of rotatable bonds is 6. The highest BCUT2D eigenvalue weighted by Gasteiger charge is 2.15. The molecule has 1 amide bonds. The Morgan fingerprint density at radius 3 is 2.64 bits per heavy atom. The number of aromatic nitrogens is 2. The fourth-order valence-electron chi connectivity index (χ4n) is 3.33. The van der Waals surface area contributed by atoms with Crippen LogP contribution in [0, 0.1) is 0 Å². The number of carbonyl (C=O) groups excluding carboxylic acids is 1. The molecule has 0 unspecified atom stereocenters. The van der Waals surface area contributed by atoms with Gasteiger partial charge in [-0.15, -0.1) is 0 Å². The Kier molecular flexibility index (Phi) is 5.88. The third-order valence-electron chi connectivity index (χ3n) is 4.66. The molecule has 0 radical (unpaired) electrons. The SMILES string of the molecule is O=C(Cn1[nH]c2ccccc2c1=O)NC[C@H](O)CN1CCCCCC1. The number of H-pyrrole nitrogens is 1. The monoisotopic (exact) mass is 346 g/mol. The predicted molar refractivity (Wildman–Crippen MR) is 96.5 cm³/mol. The summed E-state index contributed by atoms with van der Waals surface area (Å²) in [5.41, 5.74) is 0.498. The van der Waals surface area contributed by atoms with Crippen molar-refractivity contribution in [2.75, 3.05) is 26.2 Å². The normalized spacial score (nSPS) is 17.3. The molecule has 0 aliphatic carbocycles. The number of aliphatic hydroxyl groups excluding tert-OH is 1. The molecule has 0 spiro atoms. The number of nitrogens with one attached hydrogen (secondary N) is 2. The first-order valence-corrected chi connectivity index (χ1v) is 8.98. The molecule has 1 aromatic heterocycles. The summed E-state index contributed by atoms with van der Waals surface area (Å²) >= 11 is 0. The van der Waals surface area contributed by atoms with Crippen LogP contribution in [0.25, 0.3) is 10.9 Å². The number of amides is 1. The topological polar surface area (TPSA) is 90.4 Å². The molecule has 0 saturated carbocycles. The summed E-state index contributed by atoms with van der Waals surface area (Å²) in [4.78, 5) is 26.5. The first kappa shape index (κ1) is 17.7. The first-order valence-electron chi connectivity index (χ1n) is 8.98. The highest BCUT2D eigenvalue weighted by Crippen LogP contribution is 2.09. The second kappa shape index (κ2) is 8.31. The standard InChI is InChI=1S/C18H26N4O3/c23-14(12-21-9-5-1-2-6-10-21)11-19-17(24)13-22-18(25)15-7-3-4-8-16(15)20-22/h3-4,7-8,14,20,23H,1-2,5-6,9-13H2,(H,19,24)/t14-/m0/s1. The average molecular weight is 346 g/mol. The van der Waals surface area contributed by atoms with Crippen LogP contribution in [0.1, 0.15) is 25.7 Å². The number of nitrogens with zero attached hydrogens (tertiary/aromatic N) is 2. The van der Waals surface area contributed by atoms with Gasteiger partial charge in [0.05, 0.1) is 17.0 Å². The van der Waals surface area contributed by atoms with E-state index < -0.39 is 6.10 Å². The summed E-state index contributed by atoms with van der Waals surface area (Å²) in [5.74, 6) is -0.288. The Hall–Kier alpha value is -2.12. The highest BCUT2D eigenvalue weighted by molar-refractivity contribution is 5.79. The number of aliphatic hydroxyl groups is 1. The summed E-state index contributed by atoms with van der Waals surface area (Å²) in [5, 5.41) is 16.4. The van der Waals surface area contributed by atoms with Gasteiger partial charge in [-0.25, -0.2) is 4.68 Å². The lowest BCUT2D eigenvalue weighted by atomic mass is 10.2. The summed E-state index contributed by atoms with van der Waals surface area (Å²) in [6.45, 7) is 2.71. The molecule has 1 aromatic carbocycles. The summed E-state index contributed by atoms with van der Waals surface area (Å²) in [6, 6.07) is 7.16. The summed E-state index contributed by atoms with van der Waals surface area (Å²) in [6.07, 6.45) is 4.25. The fraction of sp³-hybridized carbons (Fsp3) is 0.556. The Labute approximate surface area is 146 Å². The number of fused-ring (bicyclic) bond motifs is 1. The number of para-hydroxylation sites is 1. The molecule has 7 heteroatoms. The van der Waals surface area contributed by atoms with Gasteiger partial charge in [0, 0.05) is 13.1 Å². The third kappa shape index (κ3) is 4.70. The van der Waals surface area contributed by atoms with Gasteiger partial charge < -0.3 is 15.3 Å². The number of hydrogen-bond donors (Lipinski definition) is 3. The number of hydrogen-bond acceptors (Lipinski definition) is 4. The van der Waals surface area contributed by atoms with Gasteiger partial charge in [0.15, 0.2) is 0 Å². The molecule has 7 nitrogen and oxygen atoms in total. The van der Waals surface area contributed by atoms with E-state index in [0.29, 0.717) is 17.4 Å². The number of likely N-dealkylation sites (tertiary alicyclic amines) is 1. The Bertz CT molecular complexity index is 759. The van der Waals surface area contributed by atoms with E-state index in [2.05, 4.69) is 15.3 Å². The van der Waals surface area contributed by atoms with Crippen LogP contribution >= 0.6 is 0 Å². The number of carbonyl (C=O) groups is 1. The van der Waals surface area contributed by atoms with Crippen LogP contribution < -0.4 is 10.9 Å². The molecule has 1 atom stereocenters. The second-order valence-electron chi connectivity index (χ2n) is 6.72. The lowest BCUT2D eigenvalue weighted by Crippen LogP contribution is -2.42. The van der Waals surface area contributed by atoms with E-state index >= 15 is 0 Å². The number of aromatic amines is 1. The van der Waals surface area contributed by atoms with E-state index in [0.717, 1.165) is 13.1 Å². The van der Waals surface area contributed by atoms with Crippen molar-refractivity contribution >= 4 is 16.8 Å². The van der Waals surface area contributed by atoms with Crippen LogP contribution in [0.3, 0.4) is 0 Å². The molecule has 2 aromatic rings. The van der Waals surface area contributed by atoms with Crippen molar-refractivity contribution in [1.29, 1.82) is 0 Å². The Balaban J connectivity index is 1.48. The zero-order chi connectivity index (χ0) is 17.6. The molecule has 2 heterocycles. The summed E-state index contributed by atoms with van der Waals surface area (Å²) < 4.78 is 1.29. The molecular weight excluding hydrogens is 320 g/mol. The van der Waals surface area contributed by atoms with Crippen LogP contribution in [0.5, 0.6) is 0 Å². The molecule has 1 saturated heterocycles. The maximum Gasteiger partial charge on any atom is 0.274 e. The molecule has 3 N–H and O–H groups in total. The third-order valence-corrected chi connectivity index (χ3v) is 4.66. The van der Waals surface area contributed by atoms with Gasteiger partial charge in [0.25, 0.3) is 5.56 Å². The van der Waals surface area contributed by atoms with Crippen molar-refractivity contribution in [2.24, 2.45) is 0 Å². The van der Waals surface area contributed by atoms with Gasteiger partial charge in [-0.1, -0.05) is 25.0 Å². The van der Waals surface area contributed by atoms with Gasteiger partial charge in [-0.3, -0.25) is 14.7 Å². The molecule has 25 heavy (non-hydrogen) atoms. The van der Waals surface area contributed by atoms with E-state index in [9.17, 15) is 14.7 Å². The quantitative estimate of drug-likeness (QED) is 0.718. The molecule has 1 aliphatic heterocycles. The molecular formula is C18H26N4O3. The molecule has 0 bridgehead atoms. The predicted octanol–water partition coefficient (Wildman–Crippen LogP) is 0.683. The fourth-order valence-corrected chi connectivity index (χ4v) is 3.33. The Morgan fingerprint density at radius 1 is 1.20 bits per heavy atom. The van der Waals surface area contributed by atoms with E-state index in [1.165, 1.54) is 30.4 Å². The smallest absolute Gasteiger partial charge is 0.274 e. The van der Waals surface area contributed by atoms with Crippen LogP contribution in [0.2, 0.25) is 0 Å². The average Bonchev–Trinajstić information content (AvgIpc) is 2.78. The molecule has 1 aliphatic rings. The zero-order valence-corrected chi connectivity index (χ0v) is 14.4. The van der Waals surface area contributed by atoms with Crippen molar-refractivity contribution in [1.82, 2.24) is 20.0 Å². The van der Waals surface area contributed by atoms with Gasteiger partial charge >= 0.3 is 0 Å². The van der Waals surface area contributed by atoms with Crippen LogP contribution in [-0.2, 0) is 11.3 Å². The van der Waals surface area contributed by atoms with Crippen molar-refractivity contribution in [3.63, 3.8) is 0 Å². The van der Waals surface area contributed by atoms with Crippen molar-refractivity contribution in [3.8, 4) is 0 Å². The number of benzene rings is 1. The lowest BCUT2D eigenvalue weighted by molar-refractivity contribution is -0.122. The van der Waals surface area contributed by atoms with Crippen molar-refractivity contribution < 1.29 is 9.90 Å². The van der Waals surface area contributed by atoms with Crippen molar-refractivity contribution in [2.45, 2.75) is 38.3 Å². The van der Waals surface area contributed by atoms with Gasteiger partial charge in [0.2, 0.25) is 5.91 Å². The first-order chi connectivity index (χ1) is 12.1. The molecule has 1 fully saturated rings. The maximum absolute atomic E-state index is 12.2. The van der Waals surface area contributed by atoms with E-state index in [-0.39, 0.29) is 24.6 Å². The zero-order valence-electron chi connectivity index (χ0n) is 14.4. The highest BCUT2D eigenvalue weighted by atomic mass is 16.3. The van der Waals surface area contributed by atoms with Gasteiger partial charge in [0.1, 0.15) is 6.54 Å². The molecule has 3 rings (SSSR count). The van der Waals surface area contributed by atoms with Gasteiger partial charge in [-0.2, -0.15) is 0 Å². The minimum absolute atomic E-state index is 0.0794. The van der Waals surface area contributed by atoms with E-state index in [1.54, 1.807) is 18.2 Å². The maximum atomic E-state index is 12.2. The van der Waals surface area contributed by atoms with Gasteiger partial charge in [-0.05, 0) is 38.1 Å². The minimum atomic E-state index is -0.596. The summed E-state index contributed by atoms with van der Waals surface area (Å²) in [7, 11) is 0. The van der Waals surface area contributed by atoms with Crippen LogP contribution in [0.15, 0.2) is 29.1 Å². The largest absolute Gasteiger partial charge is 0.390 e. The van der Waals surface area contributed by atoms with E-state index in [4.69, 9.17) is 0 Å². The van der Waals surface area contributed by atoms with E-state index in [1.807, 2.05) is 6.07 Å². The van der Waals surface area contributed by atoms with Crippen molar-refractivity contribution in [3.05, 3.63) is 34.6 Å². The Morgan fingerprint density at radius 2 is 1.92 bits per heavy atom. The van der Waals surface area contributed by atoms with Crippen LogP contribution in [0.4, 0.5) is 0 Å². The molecule has 136 valence electrons. The minimum Gasteiger partial charge on any atom is -0.390 e. The number of β-amino-alcohol motifs (C(OH)–C–C–N with tert-alkyl or cyclic N) is 1.